The van der Waals surface area contributed by atoms with Gasteiger partial charge in [0, 0.05) is 12.6 Å². The monoisotopic (exact) mass is 463 g/mol. The van der Waals surface area contributed by atoms with Crippen molar-refractivity contribution in [1.82, 2.24) is 4.90 Å². The Morgan fingerprint density at radius 2 is 2.03 bits per heavy atom. The van der Waals surface area contributed by atoms with Gasteiger partial charge in [0.25, 0.3) is 0 Å². The van der Waals surface area contributed by atoms with Crippen molar-refractivity contribution < 1.29 is 37.4 Å². The van der Waals surface area contributed by atoms with Gasteiger partial charge in [0.05, 0.1) is 55.5 Å². The molecule has 31 heavy (non-hydrogen) atoms. The maximum atomic E-state index is 11.3. The number of primary sulfonamides is 1. The Labute approximate surface area is 181 Å². The van der Waals surface area contributed by atoms with Crippen LogP contribution in [0.25, 0.3) is 0 Å². The van der Waals surface area contributed by atoms with E-state index in [0.29, 0.717) is 33.0 Å². The van der Waals surface area contributed by atoms with E-state index in [-0.39, 0.29) is 36.0 Å². The van der Waals surface area contributed by atoms with Gasteiger partial charge in [0.2, 0.25) is 10.0 Å². The molecule has 0 aromatic heterocycles. The highest BCUT2D eigenvalue weighted by Gasteiger charge is 2.25. The molecule has 3 N–H and O–H groups in total. The summed E-state index contributed by atoms with van der Waals surface area (Å²) in [6.07, 6.45) is -0.0799. The second-order valence-electron chi connectivity index (χ2n) is 6.85. The lowest BCUT2D eigenvalue weighted by Gasteiger charge is -2.34. The molecule has 2 unspecified atom stereocenters. The van der Waals surface area contributed by atoms with Crippen LogP contribution >= 0.6 is 0 Å². The topological polar surface area (TPSA) is 164 Å². The molecule has 0 bridgehead atoms. The minimum atomic E-state index is -4.01. The molecule has 2 aliphatic rings. The molecule has 2 fully saturated rings. The quantitative estimate of drug-likeness (QED) is 0.406. The number of sulfonamides is 1. The number of ether oxygens (including phenoxy) is 4. The number of likely N-dealkylation sites (N-methyl/N-ethyl adjacent to an activating group) is 1. The summed E-state index contributed by atoms with van der Waals surface area (Å²) in [4.78, 5) is 12.3. The van der Waals surface area contributed by atoms with E-state index in [1.807, 2.05) is 6.92 Å². The molecule has 2 saturated heterocycles. The van der Waals surface area contributed by atoms with Gasteiger partial charge in [-0.25, -0.2) is 13.6 Å². The summed E-state index contributed by atoms with van der Waals surface area (Å²) in [5.41, 5.74) is -0.434. The summed E-state index contributed by atoms with van der Waals surface area (Å²) >= 11 is 0. The second-order valence-corrected chi connectivity index (χ2v) is 8.41. The van der Waals surface area contributed by atoms with Crippen molar-refractivity contribution in [3.8, 4) is 5.75 Å². The SMILES string of the molecule is CCN1CCOCC1COc1ccc(S(N)(=O)=O)cc1[N+](=O)[O-].OCC1COCCO1. The van der Waals surface area contributed by atoms with E-state index in [9.17, 15) is 18.5 Å². The van der Waals surface area contributed by atoms with E-state index in [1.165, 1.54) is 12.1 Å². The number of morpholine rings is 1. The predicted molar refractivity (Wildman–Crippen MR) is 109 cm³/mol. The van der Waals surface area contributed by atoms with Crippen molar-refractivity contribution in [2.75, 3.05) is 59.3 Å². The zero-order chi connectivity index (χ0) is 22.9. The lowest BCUT2D eigenvalue weighted by atomic mass is 10.2. The highest BCUT2D eigenvalue weighted by Crippen LogP contribution is 2.29. The normalized spacial score (nSPS) is 22.3. The Morgan fingerprint density at radius 3 is 2.58 bits per heavy atom. The van der Waals surface area contributed by atoms with E-state index in [2.05, 4.69) is 4.90 Å². The fraction of sp³-hybridized carbons (Fsp3) is 0.667. The Morgan fingerprint density at radius 1 is 1.29 bits per heavy atom. The fourth-order valence-corrected chi connectivity index (χ4v) is 3.56. The first kappa shape index (κ1) is 25.4. The third-order valence-electron chi connectivity index (χ3n) is 4.73. The van der Waals surface area contributed by atoms with Crippen LogP contribution in [0.1, 0.15) is 6.92 Å². The zero-order valence-electron chi connectivity index (χ0n) is 17.3. The van der Waals surface area contributed by atoms with E-state index in [1.54, 1.807) is 0 Å². The van der Waals surface area contributed by atoms with Crippen molar-refractivity contribution in [1.29, 1.82) is 0 Å². The minimum absolute atomic E-state index is 0.00373. The summed E-state index contributed by atoms with van der Waals surface area (Å²) in [7, 11) is -4.01. The zero-order valence-corrected chi connectivity index (χ0v) is 18.2. The smallest absolute Gasteiger partial charge is 0.312 e. The number of nitrogens with zero attached hydrogens (tertiary/aromatic N) is 2. The van der Waals surface area contributed by atoms with Crippen LogP contribution in [-0.4, -0.2) is 94.8 Å². The molecule has 0 spiro atoms. The number of nitrogens with two attached hydrogens (primary N) is 1. The van der Waals surface area contributed by atoms with Gasteiger partial charge in [0.1, 0.15) is 12.7 Å². The van der Waals surface area contributed by atoms with Gasteiger partial charge < -0.3 is 24.1 Å². The summed E-state index contributed by atoms with van der Waals surface area (Å²) in [5.74, 6) is 0.00373. The molecular formula is C18H29N3O9S. The fourth-order valence-electron chi connectivity index (χ4n) is 3.03. The summed E-state index contributed by atoms with van der Waals surface area (Å²) in [6, 6.07) is 3.33. The van der Waals surface area contributed by atoms with Crippen molar-refractivity contribution in [3.05, 3.63) is 28.3 Å². The Kier molecular flexibility index (Phi) is 10.0. The largest absolute Gasteiger partial charge is 0.485 e. The van der Waals surface area contributed by atoms with Crippen LogP contribution in [0.3, 0.4) is 0 Å². The van der Waals surface area contributed by atoms with Crippen molar-refractivity contribution in [2.24, 2.45) is 5.14 Å². The lowest BCUT2D eigenvalue weighted by Crippen LogP contribution is -2.48. The van der Waals surface area contributed by atoms with E-state index < -0.39 is 20.6 Å². The molecule has 1 aromatic rings. The van der Waals surface area contributed by atoms with Crippen LogP contribution in [0, 0.1) is 10.1 Å². The highest BCUT2D eigenvalue weighted by atomic mass is 32.2. The highest BCUT2D eigenvalue weighted by molar-refractivity contribution is 7.89. The molecule has 2 aliphatic heterocycles. The van der Waals surface area contributed by atoms with E-state index in [4.69, 9.17) is 29.2 Å². The van der Waals surface area contributed by atoms with E-state index in [0.717, 1.165) is 19.2 Å². The van der Waals surface area contributed by atoms with Gasteiger partial charge in [-0.2, -0.15) is 0 Å². The van der Waals surface area contributed by atoms with Crippen LogP contribution in [-0.2, 0) is 24.2 Å². The van der Waals surface area contributed by atoms with Gasteiger partial charge in [0.15, 0.2) is 5.75 Å². The molecule has 2 heterocycles. The minimum Gasteiger partial charge on any atom is -0.485 e. The molecule has 1 aromatic carbocycles. The maximum absolute atomic E-state index is 11.3. The third kappa shape index (κ3) is 7.96. The second kappa shape index (κ2) is 12.2. The standard InChI is InChI=1S/C13H19N3O6S.C5H10O3/c1-2-15-5-6-21-8-10(15)9-22-13-4-3-11(23(14,19)20)7-12(13)16(17)18;6-3-5-4-7-1-2-8-5/h3-4,7,10H,2,5-6,8-9H2,1H3,(H2,14,19,20);5-6H,1-4H2. The molecule has 0 saturated carbocycles. The number of aliphatic hydroxyl groups excluding tert-OH is 1. The van der Waals surface area contributed by atoms with Gasteiger partial charge in [-0.15, -0.1) is 0 Å². The van der Waals surface area contributed by atoms with Crippen LogP contribution in [0.15, 0.2) is 23.1 Å². The lowest BCUT2D eigenvalue weighted by molar-refractivity contribution is -0.386. The van der Waals surface area contributed by atoms with Crippen LogP contribution in [0.5, 0.6) is 5.75 Å². The van der Waals surface area contributed by atoms with E-state index >= 15 is 0 Å². The van der Waals surface area contributed by atoms with Crippen LogP contribution in [0.4, 0.5) is 5.69 Å². The molecule has 0 aliphatic carbocycles. The molecular weight excluding hydrogens is 434 g/mol. The Hall–Kier alpha value is -1.87. The molecule has 12 nitrogen and oxygen atoms in total. The summed E-state index contributed by atoms with van der Waals surface area (Å²) in [6.45, 7) is 6.84. The number of hydrogen-bond donors (Lipinski definition) is 2. The number of nitro benzene ring substituents is 1. The van der Waals surface area contributed by atoms with Gasteiger partial charge in [-0.3, -0.25) is 15.0 Å². The van der Waals surface area contributed by atoms with Crippen molar-refractivity contribution in [3.63, 3.8) is 0 Å². The van der Waals surface area contributed by atoms with Crippen LogP contribution in [0.2, 0.25) is 0 Å². The number of aliphatic hydroxyl groups is 1. The molecule has 0 amide bonds. The Balaban J connectivity index is 0.000000357. The van der Waals surface area contributed by atoms with Gasteiger partial charge >= 0.3 is 5.69 Å². The average Bonchev–Trinajstić information content (AvgIpc) is 2.78. The maximum Gasteiger partial charge on any atom is 0.312 e. The van der Waals surface area contributed by atoms with Crippen molar-refractivity contribution in [2.45, 2.75) is 24.0 Å². The predicted octanol–water partition coefficient (Wildman–Crippen LogP) is -0.264. The molecule has 0 radical (unpaired) electrons. The first-order chi connectivity index (χ1) is 14.8. The number of rotatable bonds is 7. The van der Waals surface area contributed by atoms with Crippen LogP contribution < -0.4 is 9.88 Å². The third-order valence-corrected chi connectivity index (χ3v) is 5.64. The first-order valence-electron chi connectivity index (χ1n) is 9.82. The molecule has 2 atom stereocenters. The van der Waals surface area contributed by atoms with Gasteiger partial charge in [-0.1, -0.05) is 6.92 Å². The molecule has 13 heteroatoms. The van der Waals surface area contributed by atoms with Crippen molar-refractivity contribution >= 4 is 15.7 Å². The molecule has 3 rings (SSSR count). The number of benzene rings is 1. The number of hydrogen-bond acceptors (Lipinski definition) is 10. The summed E-state index contributed by atoms with van der Waals surface area (Å²) in [5, 5.41) is 24.6. The summed E-state index contributed by atoms with van der Waals surface area (Å²) < 4.78 is 43.6. The Bertz CT molecular complexity index is 815. The first-order valence-corrected chi connectivity index (χ1v) is 11.4. The molecule has 176 valence electrons. The average molecular weight is 464 g/mol. The number of nitro groups is 1. The van der Waals surface area contributed by atoms with Gasteiger partial charge in [-0.05, 0) is 18.7 Å².